The van der Waals surface area contributed by atoms with Crippen LogP contribution in [0.2, 0.25) is 5.02 Å². The molecule has 3 N–H and O–H groups in total. The normalized spacial score (nSPS) is 12.4. The molecule has 0 radical (unpaired) electrons. The molecule has 0 bridgehead atoms. The molecular weight excluding hydrogens is 361 g/mol. The van der Waals surface area contributed by atoms with Crippen LogP contribution in [0.3, 0.4) is 0 Å². The molecule has 0 saturated carbocycles. The average Bonchev–Trinajstić information content (AvgIpc) is 2.39. The number of hydrogen-bond donors (Lipinski definition) is 2. The first kappa shape index (κ1) is 13.7. The van der Waals surface area contributed by atoms with Crippen molar-refractivity contribution in [3.8, 4) is 0 Å². The third-order valence-corrected chi connectivity index (χ3v) is 3.60. The van der Waals surface area contributed by atoms with Crippen molar-refractivity contribution < 1.29 is 0 Å². The minimum absolute atomic E-state index is 0.0117. The van der Waals surface area contributed by atoms with Crippen LogP contribution in [0.5, 0.6) is 0 Å². The molecule has 1 aromatic carbocycles. The monoisotopic (exact) mass is 373 g/mol. The number of hydrogen-bond acceptors (Lipinski definition) is 3. The van der Waals surface area contributed by atoms with Crippen LogP contribution in [-0.2, 0) is 6.42 Å². The highest BCUT2D eigenvalue weighted by Crippen LogP contribution is 2.18. The van der Waals surface area contributed by atoms with Crippen LogP contribution in [0.4, 0.5) is 0 Å². The lowest BCUT2D eigenvalue weighted by Gasteiger charge is -2.15. The van der Waals surface area contributed by atoms with Crippen molar-refractivity contribution in [3.05, 3.63) is 62.4 Å². The van der Waals surface area contributed by atoms with Gasteiger partial charge in [-0.3, -0.25) is 16.3 Å². The number of halogens is 2. The van der Waals surface area contributed by atoms with Gasteiger partial charge in [-0.05, 0) is 58.8 Å². The Kier molecular flexibility index (Phi) is 4.94. The van der Waals surface area contributed by atoms with Gasteiger partial charge in [-0.25, -0.2) is 0 Å². The molecule has 94 valence electrons. The summed E-state index contributed by atoms with van der Waals surface area (Å²) in [4.78, 5) is 4.29. The second-order valence-electron chi connectivity index (χ2n) is 3.95. The molecule has 1 unspecified atom stereocenters. The quantitative estimate of drug-likeness (QED) is 0.492. The maximum Gasteiger partial charge on any atom is 0.0672 e. The molecule has 2 aromatic rings. The SMILES string of the molecule is NNC(Cc1ccc(I)cc1)c1ccc(Cl)cn1. The Hall–Kier alpha value is -0.690. The van der Waals surface area contributed by atoms with Crippen molar-refractivity contribution >= 4 is 34.2 Å². The van der Waals surface area contributed by atoms with Crippen LogP contribution in [0, 0.1) is 3.57 Å². The Balaban J connectivity index is 2.14. The van der Waals surface area contributed by atoms with E-state index < -0.39 is 0 Å². The van der Waals surface area contributed by atoms with Crippen molar-refractivity contribution in [2.24, 2.45) is 5.84 Å². The highest BCUT2D eigenvalue weighted by atomic mass is 127. The van der Waals surface area contributed by atoms with Gasteiger partial charge < -0.3 is 0 Å². The van der Waals surface area contributed by atoms with E-state index >= 15 is 0 Å². The van der Waals surface area contributed by atoms with E-state index in [4.69, 9.17) is 17.4 Å². The predicted molar refractivity (Wildman–Crippen MR) is 82.2 cm³/mol. The molecule has 2 rings (SSSR count). The van der Waals surface area contributed by atoms with E-state index in [1.807, 2.05) is 12.1 Å². The van der Waals surface area contributed by atoms with Gasteiger partial charge in [0.2, 0.25) is 0 Å². The number of nitrogens with one attached hydrogen (secondary N) is 1. The third-order valence-electron chi connectivity index (χ3n) is 2.66. The molecule has 0 amide bonds. The first-order valence-corrected chi connectivity index (χ1v) is 6.97. The summed E-state index contributed by atoms with van der Waals surface area (Å²) >= 11 is 8.11. The minimum atomic E-state index is -0.0117. The summed E-state index contributed by atoms with van der Waals surface area (Å²) in [7, 11) is 0. The standard InChI is InChI=1S/C13H13ClIN3/c14-10-3-6-12(17-8-10)13(18-16)7-9-1-4-11(15)5-2-9/h1-6,8,13,18H,7,16H2. The number of hydrazine groups is 1. The van der Waals surface area contributed by atoms with Gasteiger partial charge in [-0.15, -0.1) is 0 Å². The second-order valence-corrected chi connectivity index (χ2v) is 5.63. The van der Waals surface area contributed by atoms with Gasteiger partial charge in [-0.1, -0.05) is 23.7 Å². The van der Waals surface area contributed by atoms with Gasteiger partial charge in [0.1, 0.15) is 0 Å². The predicted octanol–water partition coefficient (Wildman–Crippen LogP) is 3.09. The van der Waals surface area contributed by atoms with E-state index in [1.165, 1.54) is 9.13 Å². The molecule has 0 fully saturated rings. The Bertz CT molecular complexity index is 499. The molecule has 0 aliphatic heterocycles. The van der Waals surface area contributed by atoms with Crippen LogP contribution in [0.25, 0.3) is 0 Å². The topological polar surface area (TPSA) is 50.9 Å². The summed E-state index contributed by atoms with van der Waals surface area (Å²) in [6.07, 6.45) is 2.43. The number of pyridine rings is 1. The molecule has 5 heteroatoms. The van der Waals surface area contributed by atoms with Gasteiger partial charge >= 0.3 is 0 Å². The summed E-state index contributed by atoms with van der Waals surface area (Å²) in [5, 5.41) is 0.629. The van der Waals surface area contributed by atoms with Gasteiger partial charge in [0, 0.05) is 9.77 Å². The molecule has 1 heterocycles. The summed E-state index contributed by atoms with van der Waals surface area (Å²) in [5.74, 6) is 5.60. The fraction of sp³-hybridized carbons (Fsp3) is 0.154. The second kappa shape index (κ2) is 6.47. The molecule has 3 nitrogen and oxygen atoms in total. The minimum Gasteiger partial charge on any atom is -0.271 e. The molecule has 0 aliphatic carbocycles. The third kappa shape index (κ3) is 3.65. The number of aromatic nitrogens is 1. The molecular formula is C13H13ClIN3. The van der Waals surface area contributed by atoms with Crippen molar-refractivity contribution in [2.75, 3.05) is 0 Å². The van der Waals surface area contributed by atoms with Crippen molar-refractivity contribution in [1.82, 2.24) is 10.4 Å². The van der Waals surface area contributed by atoms with E-state index in [0.717, 1.165) is 12.1 Å². The van der Waals surface area contributed by atoms with Crippen molar-refractivity contribution in [2.45, 2.75) is 12.5 Å². The highest BCUT2D eigenvalue weighted by molar-refractivity contribution is 14.1. The maximum absolute atomic E-state index is 5.82. The fourth-order valence-corrected chi connectivity index (χ4v) is 2.17. The average molecular weight is 374 g/mol. The van der Waals surface area contributed by atoms with Gasteiger partial charge in [-0.2, -0.15) is 0 Å². The van der Waals surface area contributed by atoms with Crippen molar-refractivity contribution in [1.29, 1.82) is 0 Å². The first-order valence-electron chi connectivity index (χ1n) is 5.51. The van der Waals surface area contributed by atoms with Crippen LogP contribution >= 0.6 is 34.2 Å². The van der Waals surface area contributed by atoms with Crippen LogP contribution in [-0.4, -0.2) is 4.98 Å². The Morgan fingerprint density at radius 3 is 2.50 bits per heavy atom. The van der Waals surface area contributed by atoms with Crippen LogP contribution in [0.15, 0.2) is 42.6 Å². The van der Waals surface area contributed by atoms with Gasteiger partial charge in [0.15, 0.2) is 0 Å². The number of nitrogens with zero attached hydrogens (tertiary/aromatic N) is 1. The molecule has 18 heavy (non-hydrogen) atoms. The summed E-state index contributed by atoms with van der Waals surface area (Å²) < 4.78 is 1.22. The zero-order chi connectivity index (χ0) is 13.0. The van der Waals surface area contributed by atoms with Crippen LogP contribution < -0.4 is 11.3 Å². The number of rotatable bonds is 4. The zero-order valence-electron chi connectivity index (χ0n) is 9.61. The highest BCUT2D eigenvalue weighted by Gasteiger charge is 2.11. The molecule has 0 saturated heterocycles. The number of nitrogens with two attached hydrogens (primary N) is 1. The number of benzene rings is 1. The van der Waals surface area contributed by atoms with E-state index in [1.54, 1.807) is 6.20 Å². The summed E-state index contributed by atoms with van der Waals surface area (Å²) in [5.41, 5.74) is 4.90. The van der Waals surface area contributed by atoms with E-state index in [-0.39, 0.29) is 6.04 Å². The van der Waals surface area contributed by atoms with Crippen LogP contribution in [0.1, 0.15) is 17.3 Å². The first-order chi connectivity index (χ1) is 8.69. The van der Waals surface area contributed by atoms with Gasteiger partial charge in [0.05, 0.1) is 16.8 Å². The lowest BCUT2D eigenvalue weighted by molar-refractivity contribution is 0.538. The fourth-order valence-electron chi connectivity index (χ4n) is 1.70. The smallest absolute Gasteiger partial charge is 0.0672 e. The Labute approximate surface area is 125 Å². The summed E-state index contributed by atoms with van der Waals surface area (Å²) in [6, 6.07) is 12.1. The largest absolute Gasteiger partial charge is 0.271 e. The maximum atomic E-state index is 5.82. The Morgan fingerprint density at radius 2 is 1.94 bits per heavy atom. The molecule has 0 aliphatic rings. The van der Waals surface area contributed by atoms with E-state index in [2.05, 4.69) is 57.3 Å². The van der Waals surface area contributed by atoms with E-state index in [9.17, 15) is 0 Å². The van der Waals surface area contributed by atoms with E-state index in [0.29, 0.717) is 5.02 Å². The molecule has 0 spiro atoms. The van der Waals surface area contributed by atoms with Crippen molar-refractivity contribution in [3.63, 3.8) is 0 Å². The summed E-state index contributed by atoms with van der Waals surface area (Å²) in [6.45, 7) is 0. The lowest BCUT2D eigenvalue weighted by atomic mass is 10.0. The molecule has 1 aromatic heterocycles. The Morgan fingerprint density at radius 1 is 1.22 bits per heavy atom. The lowest BCUT2D eigenvalue weighted by Crippen LogP contribution is -2.30. The molecule has 1 atom stereocenters. The van der Waals surface area contributed by atoms with Gasteiger partial charge in [0.25, 0.3) is 0 Å². The zero-order valence-corrected chi connectivity index (χ0v) is 12.5.